The zero-order valence-corrected chi connectivity index (χ0v) is 17.1. The van der Waals surface area contributed by atoms with E-state index in [0.717, 1.165) is 6.26 Å². The van der Waals surface area contributed by atoms with E-state index in [1.807, 2.05) is 0 Å². The summed E-state index contributed by atoms with van der Waals surface area (Å²) in [4.78, 5) is 25.7. The van der Waals surface area contributed by atoms with Crippen LogP contribution in [0.2, 0.25) is 5.02 Å². The van der Waals surface area contributed by atoms with Gasteiger partial charge in [0.15, 0.2) is 0 Å². The lowest BCUT2D eigenvalue weighted by molar-refractivity contribution is -0.148. The third-order valence-electron chi connectivity index (χ3n) is 4.65. The molecule has 0 radical (unpaired) electrons. The summed E-state index contributed by atoms with van der Waals surface area (Å²) in [6, 6.07) is 6.54. The number of nitrogens with zero attached hydrogens (tertiary/aromatic N) is 2. The molecule has 0 aromatic heterocycles. The van der Waals surface area contributed by atoms with Crippen molar-refractivity contribution < 1.29 is 22.7 Å². The summed E-state index contributed by atoms with van der Waals surface area (Å²) in [6.07, 6.45) is 2.99. The minimum atomic E-state index is -3.46. The summed E-state index contributed by atoms with van der Waals surface area (Å²) < 4.78 is 30.2. The van der Waals surface area contributed by atoms with E-state index in [1.54, 1.807) is 29.2 Å². The standard InChI is InChI=1S/C18H25ClN2O5S/c1-26-18(23)14-9-12-20(13-10-14)17(22)4-3-11-21(27(2,24)25)16-7-5-15(19)6-8-16/h5-8,14H,3-4,9-13H2,1-2H3. The highest BCUT2D eigenvalue weighted by Crippen LogP contribution is 2.22. The van der Waals surface area contributed by atoms with Crippen LogP contribution in [0, 0.1) is 5.92 Å². The molecule has 0 unspecified atom stereocenters. The normalized spacial score (nSPS) is 15.4. The number of sulfonamides is 1. The van der Waals surface area contributed by atoms with E-state index in [0.29, 0.717) is 43.1 Å². The maximum atomic E-state index is 12.4. The molecule has 1 aliphatic heterocycles. The highest BCUT2D eigenvalue weighted by molar-refractivity contribution is 7.92. The lowest BCUT2D eigenvalue weighted by atomic mass is 9.97. The molecule has 1 aromatic rings. The summed E-state index contributed by atoms with van der Waals surface area (Å²) in [7, 11) is -2.09. The van der Waals surface area contributed by atoms with Crippen LogP contribution in [0.15, 0.2) is 24.3 Å². The summed E-state index contributed by atoms with van der Waals surface area (Å²) in [6.45, 7) is 1.25. The molecule has 0 N–H and O–H groups in total. The average molecular weight is 417 g/mol. The van der Waals surface area contributed by atoms with Crippen LogP contribution in [0.4, 0.5) is 5.69 Å². The number of rotatable bonds is 7. The number of carbonyl (C=O) groups excluding carboxylic acids is 2. The Morgan fingerprint density at radius 3 is 2.33 bits per heavy atom. The van der Waals surface area contributed by atoms with Gasteiger partial charge in [0.1, 0.15) is 0 Å². The second kappa shape index (κ2) is 9.41. The van der Waals surface area contributed by atoms with Crippen LogP contribution in [0.5, 0.6) is 0 Å². The minimum absolute atomic E-state index is 0.0251. The molecule has 1 amide bonds. The summed E-state index contributed by atoms with van der Waals surface area (Å²) in [5.41, 5.74) is 0.522. The number of likely N-dealkylation sites (tertiary alicyclic amines) is 1. The van der Waals surface area contributed by atoms with Crippen molar-refractivity contribution in [3.63, 3.8) is 0 Å². The molecule has 1 aliphatic rings. The smallest absolute Gasteiger partial charge is 0.308 e. The van der Waals surface area contributed by atoms with Crippen LogP contribution in [0.25, 0.3) is 0 Å². The number of hydrogen-bond donors (Lipinski definition) is 0. The number of piperidine rings is 1. The van der Waals surface area contributed by atoms with E-state index in [4.69, 9.17) is 16.3 Å². The predicted octanol–water partition coefficient (Wildman–Crippen LogP) is 2.30. The van der Waals surface area contributed by atoms with Gasteiger partial charge in [-0.15, -0.1) is 0 Å². The molecule has 9 heteroatoms. The Morgan fingerprint density at radius 2 is 1.81 bits per heavy atom. The molecule has 7 nitrogen and oxygen atoms in total. The van der Waals surface area contributed by atoms with Gasteiger partial charge < -0.3 is 9.64 Å². The van der Waals surface area contributed by atoms with Gasteiger partial charge in [0, 0.05) is 31.1 Å². The Balaban J connectivity index is 1.87. The lowest BCUT2D eigenvalue weighted by Crippen LogP contribution is -2.40. The zero-order valence-electron chi connectivity index (χ0n) is 15.6. The van der Waals surface area contributed by atoms with Gasteiger partial charge in [-0.25, -0.2) is 8.42 Å². The molecule has 0 bridgehead atoms. The average Bonchev–Trinajstić information content (AvgIpc) is 2.64. The zero-order chi connectivity index (χ0) is 20.0. The van der Waals surface area contributed by atoms with Crippen molar-refractivity contribution in [2.45, 2.75) is 25.7 Å². The summed E-state index contributed by atoms with van der Waals surface area (Å²) in [5, 5.41) is 0.526. The molecular formula is C18H25ClN2O5S. The first kappa shape index (κ1) is 21.5. The van der Waals surface area contributed by atoms with Crippen molar-refractivity contribution in [2.75, 3.05) is 37.3 Å². The Hall–Kier alpha value is -1.80. The first-order chi connectivity index (χ1) is 12.7. The van der Waals surface area contributed by atoms with Crippen molar-refractivity contribution in [2.24, 2.45) is 5.92 Å². The van der Waals surface area contributed by atoms with E-state index in [9.17, 15) is 18.0 Å². The second-order valence-electron chi connectivity index (χ2n) is 6.59. The van der Waals surface area contributed by atoms with Crippen molar-refractivity contribution in [3.8, 4) is 0 Å². The molecule has 150 valence electrons. The van der Waals surface area contributed by atoms with E-state index in [2.05, 4.69) is 0 Å². The Kier molecular flexibility index (Phi) is 7.49. The number of esters is 1. The maximum Gasteiger partial charge on any atom is 0.308 e. The molecule has 0 saturated carbocycles. The van der Waals surface area contributed by atoms with Crippen molar-refractivity contribution >= 4 is 39.2 Å². The largest absolute Gasteiger partial charge is 0.469 e. The van der Waals surface area contributed by atoms with Gasteiger partial charge in [0.2, 0.25) is 15.9 Å². The molecule has 1 aromatic carbocycles. The summed E-state index contributed by atoms with van der Waals surface area (Å²) in [5.74, 6) is -0.401. The number of benzene rings is 1. The molecule has 0 atom stereocenters. The third-order valence-corrected chi connectivity index (χ3v) is 6.10. The monoisotopic (exact) mass is 416 g/mol. The van der Waals surface area contributed by atoms with E-state index >= 15 is 0 Å². The molecule has 0 spiro atoms. The third kappa shape index (κ3) is 6.10. The van der Waals surface area contributed by atoms with Gasteiger partial charge in [-0.05, 0) is 43.5 Å². The van der Waals surface area contributed by atoms with Gasteiger partial charge in [-0.2, -0.15) is 0 Å². The van der Waals surface area contributed by atoms with Crippen molar-refractivity contribution in [1.29, 1.82) is 0 Å². The number of anilines is 1. The van der Waals surface area contributed by atoms with Crippen molar-refractivity contribution in [3.05, 3.63) is 29.3 Å². The first-order valence-electron chi connectivity index (χ1n) is 8.81. The maximum absolute atomic E-state index is 12.4. The number of ether oxygens (including phenoxy) is 1. The van der Waals surface area contributed by atoms with Crippen LogP contribution in [-0.2, 0) is 24.3 Å². The van der Waals surface area contributed by atoms with Gasteiger partial charge in [-0.1, -0.05) is 11.6 Å². The molecule has 27 heavy (non-hydrogen) atoms. The van der Waals surface area contributed by atoms with Crippen LogP contribution in [-0.4, -0.2) is 58.2 Å². The van der Waals surface area contributed by atoms with E-state index in [1.165, 1.54) is 11.4 Å². The Morgan fingerprint density at radius 1 is 1.22 bits per heavy atom. The highest BCUT2D eigenvalue weighted by Gasteiger charge is 2.27. The Bertz CT molecular complexity index is 758. The molecule has 1 saturated heterocycles. The molecule has 1 fully saturated rings. The molecule has 2 rings (SSSR count). The quantitative estimate of drug-likeness (QED) is 0.637. The van der Waals surface area contributed by atoms with Gasteiger partial charge >= 0.3 is 5.97 Å². The fraction of sp³-hybridized carbons (Fsp3) is 0.556. The molecular weight excluding hydrogens is 392 g/mol. The predicted molar refractivity (Wildman–Crippen MR) is 104 cm³/mol. The SMILES string of the molecule is COC(=O)C1CCN(C(=O)CCCN(c2ccc(Cl)cc2)S(C)(=O)=O)CC1. The van der Waals surface area contributed by atoms with Crippen molar-refractivity contribution in [1.82, 2.24) is 4.90 Å². The number of amides is 1. The number of methoxy groups -OCH3 is 1. The van der Waals surface area contributed by atoms with E-state index in [-0.39, 0.29) is 30.8 Å². The fourth-order valence-electron chi connectivity index (χ4n) is 3.16. The topological polar surface area (TPSA) is 84.0 Å². The van der Waals surface area contributed by atoms with Gasteiger partial charge in [-0.3, -0.25) is 13.9 Å². The lowest BCUT2D eigenvalue weighted by Gasteiger charge is -2.31. The van der Waals surface area contributed by atoms with Gasteiger partial charge in [0.25, 0.3) is 0 Å². The van der Waals surface area contributed by atoms with Crippen LogP contribution in [0.1, 0.15) is 25.7 Å². The van der Waals surface area contributed by atoms with Crippen LogP contribution < -0.4 is 4.31 Å². The number of carbonyl (C=O) groups is 2. The molecule has 1 heterocycles. The minimum Gasteiger partial charge on any atom is -0.469 e. The highest BCUT2D eigenvalue weighted by atomic mass is 35.5. The van der Waals surface area contributed by atoms with Gasteiger partial charge in [0.05, 0.1) is 25.0 Å². The number of hydrogen-bond acceptors (Lipinski definition) is 5. The second-order valence-corrected chi connectivity index (χ2v) is 8.94. The number of halogens is 1. The van der Waals surface area contributed by atoms with Crippen LogP contribution >= 0.6 is 11.6 Å². The molecule has 0 aliphatic carbocycles. The van der Waals surface area contributed by atoms with Crippen LogP contribution in [0.3, 0.4) is 0 Å². The Labute approximate surface area is 165 Å². The first-order valence-corrected chi connectivity index (χ1v) is 11.0. The van der Waals surface area contributed by atoms with E-state index < -0.39 is 10.0 Å². The summed E-state index contributed by atoms with van der Waals surface area (Å²) >= 11 is 5.85. The fourth-order valence-corrected chi connectivity index (χ4v) is 4.25.